The smallest absolute Gasteiger partial charge is 0.320 e. The predicted molar refractivity (Wildman–Crippen MR) is 69.2 cm³/mol. The lowest BCUT2D eigenvalue weighted by Crippen LogP contribution is -2.50. The van der Waals surface area contributed by atoms with E-state index in [2.05, 4.69) is 5.32 Å². The minimum absolute atomic E-state index is 0.239. The Balaban J connectivity index is 4.65. The SMILES string of the molecule is CSCC[C@H](NC(C[C@H](N)C(=O)O)C(=O)O)C(=O)O. The summed E-state index contributed by atoms with van der Waals surface area (Å²) < 4.78 is 0. The fourth-order valence-electron chi connectivity index (χ4n) is 1.35. The van der Waals surface area contributed by atoms with Crippen LogP contribution in [0.1, 0.15) is 12.8 Å². The zero-order valence-corrected chi connectivity index (χ0v) is 11.2. The van der Waals surface area contributed by atoms with Crippen molar-refractivity contribution < 1.29 is 29.7 Å². The van der Waals surface area contributed by atoms with Crippen LogP contribution >= 0.6 is 11.8 Å². The molecule has 0 saturated heterocycles. The van der Waals surface area contributed by atoms with Crippen molar-refractivity contribution in [1.29, 1.82) is 0 Å². The van der Waals surface area contributed by atoms with Gasteiger partial charge in [0.2, 0.25) is 0 Å². The van der Waals surface area contributed by atoms with Crippen LogP contribution < -0.4 is 11.1 Å². The van der Waals surface area contributed by atoms with Gasteiger partial charge in [-0.15, -0.1) is 0 Å². The number of nitrogens with two attached hydrogens (primary N) is 1. The van der Waals surface area contributed by atoms with Crippen molar-refractivity contribution in [2.75, 3.05) is 12.0 Å². The Kier molecular flexibility index (Phi) is 8.12. The van der Waals surface area contributed by atoms with Gasteiger partial charge in [-0.2, -0.15) is 11.8 Å². The molecule has 0 aliphatic carbocycles. The number of hydrogen-bond donors (Lipinski definition) is 5. The van der Waals surface area contributed by atoms with Crippen LogP contribution in [0.3, 0.4) is 0 Å². The maximum absolute atomic E-state index is 11.0. The maximum atomic E-state index is 11.0. The molecule has 0 amide bonds. The number of carbonyl (C=O) groups is 3. The molecule has 8 nitrogen and oxygen atoms in total. The summed E-state index contributed by atoms with van der Waals surface area (Å²) in [5, 5.41) is 29.0. The Hall–Kier alpha value is -1.32. The molecular formula is C10H18N2O6S. The molecule has 1 unspecified atom stereocenters. The van der Waals surface area contributed by atoms with Gasteiger partial charge >= 0.3 is 17.9 Å². The Morgan fingerprint density at radius 2 is 1.63 bits per heavy atom. The first kappa shape index (κ1) is 17.7. The van der Waals surface area contributed by atoms with Crippen molar-refractivity contribution in [1.82, 2.24) is 5.32 Å². The van der Waals surface area contributed by atoms with Crippen molar-refractivity contribution in [3.63, 3.8) is 0 Å². The van der Waals surface area contributed by atoms with Gasteiger partial charge in [0.1, 0.15) is 18.1 Å². The lowest BCUT2D eigenvalue weighted by molar-refractivity contribution is -0.143. The number of aliphatic carboxylic acids is 3. The number of nitrogens with one attached hydrogen (secondary N) is 1. The second-order valence-corrected chi connectivity index (χ2v) is 4.90. The lowest BCUT2D eigenvalue weighted by atomic mass is 10.1. The highest BCUT2D eigenvalue weighted by atomic mass is 32.2. The van der Waals surface area contributed by atoms with Crippen LogP contribution in [0.15, 0.2) is 0 Å². The molecule has 0 aliphatic heterocycles. The second-order valence-electron chi connectivity index (χ2n) is 3.91. The minimum Gasteiger partial charge on any atom is -0.480 e. The highest BCUT2D eigenvalue weighted by molar-refractivity contribution is 7.98. The molecule has 0 fully saturated rings. The third-order valence-electron chi connectivity index (χ3n) is 2.42. The van der Waals surface area contributed by atoms with Crippen LogP contribution in [0.2, 0.25) is 0 Å². The monoisotopic (exact) mass is 294 g/mol. The number of carboxylic acids is 3. The Morgan fingerprint density at radius 1 is 1.11 bits per heavy atom. The van der Waals surface area contributed by atoms with Gasteiger partial charge in [0, 0.05) is 0 Å². The summed E-state index contributed by atoms with van der Waals surface area (Å²) in [5.41, 5.74) is 5.25. The van der Waals surface area contributed by atoms with Gasteiger partial charge in [-0.25, -0.2) is 0 Å². The third kappa shape index (κ3) is 6.99. The summed E-state index contributed by atoms with van der Waals surface area (Å²) >= 11 is 1.43. The normalized spacial score (nSPS) is 15.5. The van der Waals surface area contributed by atoms with E-state index in [0.717, 1.165) is 0 Å². The van der Waals surface area contributed by atoms with Crippen molar-refractivity contribution in [2.45, 2.75) is 31.0 Å². The van der Waals surface area contributed by atoms with E-state index in [-0.39, 0.29) is 12.8 Å². The summed E-state index contributed by atoms with van der Waals surface area (Å²) in [6.07, 6.45) is 1.66. The van der Waals surface area contributed by atoms with Crippen LogP contribution in [0.5, 0.6) is 0 Å². The summed E-state index contributed by atoms with van der Waals surface area (Å²) in [7, 11) is 0. The fourth-order valence-corrected chi connectivity index (χ4v) is 1.82. The molecule has 0 bridgehead atoms. The van der Waals surface area contributed by atoms with Gasteiger partial charge in [0.05, 0.1) is 0 Å². The van der Waals surface area contributed by atoms with Gasteiger partial charge in [-0.05, 0) is 24.9 Å². The van der Waals surface area contributed by atoms with E-state index < -0.39 is 36.0 Å². The Morgan fingerprint density at radius 3 is 2.00 bits per heavy atom. The van der Waals surface area contributed by atoms with Crippen molar-refractivity contribution in [3.05, 3.63) is 0 Å². The summed E-state index contributed by atoms with van der Waals surface area (Å²) in [4.78, 5) is 32.5. The predicted octanol–water partition coefficient (Wildman–Crippen LogP) is -0.962. The molecule has 0 saturated carbocycles. The molecule has 0 aromatic heterocycles. The molecule has 0 aromatic carbocycles. The van der Waals surface area contributed by atoms with Crippen molar-refractivity contribution in [3.8, 4) is 0 Å². The molecule has 0 spiro atoms. The molecule has 6 N–H and O–H groups in total. The second kappa shape index (κ2) is 8.73. The van der Waals surface area contributed by atoms with E-state index in [1.54, 1.807) is 6.26 Å². The van der Waals surface area contributed by atoms with Crippen molar-refractivity contribution >= 4 is 29.7 Å². The summed E-state index contributed by atoms with van der Waals surface area (Å²) in [5.74, 6) is -3.29. The molecule has 0 radical (unpaired) electrons. The van der Waals surface area contributed by atoms with E-state index in [9.17, 15) is 14.4 Å². The van der Waals surface area contributed by atoms with E-state index in [4.69, 9.17) is 21.1 Å². The third-order valence-corrected chi connectivity index (χ3v) is 3.06. The molecule has 0 aromatic rings. The summed E-state index contributed by atoms with van der Waals surface area (Å²) in [6.45, 7) is 0. The van der Waals surface area contributed by atoms with Crippen LogP contribution in [-0.4, -0.2) is 63.4 Å². The molecular weight excluding hydrogens is 276 g/mol. The number of carboxylic acid groups (broad SMARTS) is 3. The van der Waals surface area contributed by atoms with E-state index in [0.29, 0.717) is 5.75 Å². The number of rotatable bonds is 10. The molecule has 0 aliphatic rings. The largest absolute Gasteiger partial charge is 0.480 e. The Labute approximate surface area is 114 Å². The first-order chi connectivity index (χ1) is 8.79. The van der Waals surface area contributed by atoms with Gasteiger partial charge in [0.25, 0.3) is 0 Å². The van der Waals surface area contributed by atoms with Crippen molar-refractivity contribution in [2.24, 2.45) is 5.73 Å². The van der Waals surface area contributed by atoms with Gasteiger partial charge < -0.3 is 21.1 Å². The molecule has 9 heteroatoms. The molecule has 0 rings (SSSR count). The molecule has 19 heavy (non-hydrogen) atoms. The average molecular weight is 294 g/mol. The fraction of sp³-hybridized carbons (Fsp3) is 0.700. The van der Waals surface area contributed by atoms with Crippen LogP contribution in [-0.2, 0) is 14.4 Å². The zero-order valence-electron chi connectivity index (χ0n) is 10.4. The van der Waals surface area contributed by atoms with E-state index in [1.165, 1.54) is 11.8 Å². The van der Waals surface area contributed by atoms with Gasteiger partial charge in [-0.3, -0.25) is 19.7 Å². The molecule has 110 valence electrons. The summed E-state index contributed by atoms with van der Waals surface area (Å²) in [6, 6.07) is -3.72. The van der Waals surface area contributed by atoms with E-state index >= 15 is 0 Å². The zero-order chi connectivity index (χ0) is 15.0. The standard InChI is InChI=1S/C10H18N2O6S/c1-19-3-2-6(9(15)16)12-7(10(17)18)4-5(11)8(13)14/h5-7,12H,2-4,11H2,1H3,(H,13,14)(H,15,16)(H,17,18)/t5-,6-,7?/m0/s1. The van der Waals surface area contributed by atoms with Gasteiger partial charge in [-0.1, -0.05) is 0 Å². The minimum atomic E-state index is -1.36. The van der Waals surface area contributed by atoms with Crippen LogP contribution in [0, 0.1) is 0 Å². The maximum Gasteiger partial charge on any atom is 0.320 e. The number of thioether (sulfide) groups is 1. The highest BCUT2D eigenvalue weighted by Gasteiger charge is 2.29. The molecule has 3 atom stereocenters. The van der Waals surface area contributed by atoms with E-state index in [1.807, 2.05) is 0 Å². The quantitative estimate of drug-likeness (QED) is 0.343. The Bertz CT molecular complexity index is 338. The molecule has 0 heterocycles. The first-order valence-electron chi connectivity index (χ1n) is 5.48. The topological polar surface area (TPSA) is 150 Å². The van der Waals surface area contributed by atoms with Crippen LogP contribution in [0.4, 0.5) is 0 Å². The lowest BCUT2D eigenvalue weighted by Gasteiger charge is -2.21. The van der Waals surface area contributed by atoms with Gasteiger partial charge in [0.15, 0.2) is 0 Å². The van der Waals surface area contributed by atoms with Crippen LogP contribution in [0.25, 0.3) is 0 Å². The first-order valence-corrected chi connectivity index (χ1v) is 6.88. The average Bonchev–Trinajstić information content (AvgIpc) is 2.31. The number of hydrogen-bond acceptors (Lipinski definition) is 6. The highest BCUT2D eigenvalue weighted by Crippen LogP contribution is 2.05.